The van der Waals surface area contributed by atoms with E-state index in [0.29, 0.717) is 12.5 Å². The lowest BCUT2D eigenvalue weighted by molar-refractivity contribution is 0.438. The van der Waals surface area contributed by atoms with E-state index in [1.807, 2.05) is 30.3 Å². The monoisotopic (exact) mass is 322 g/mol. The molecule has 0 radical (unpaired) electrons. The number of nitrogens with one attached hydrogen (secondary N) is 1. The van der Waals surface area contributed by atoms with Crippen molar-refractivity contribution in [3.63, 3.8) is 0 Å². The zero-order chi connectivity index (χ0) is 14.7. The molecule has 0 saturated carbocycles. The highest BCUT2D eigenvalue weighted by Crippen LogP contribution is 2.22. The second-order valence-corrected chi connectivity index (χ2v) is 5.58. The Bertz CT molecular complexity index is 644. The fraction of sp³-hybridized carbons (Fsp3) is 0.500. The van der Waals surface area contributed by atoms with Gasteiger partial charge in [0.2, 0.25) is 0 Å². The lowest BCUT2D eigenvalue weighted by Gasteiger charge is -2.22. The highest BCUT2D eigenvalue weighted by molar-refractivity contribution is 5.85. The number of aromatic nitrogens is 3. The van der Waals surface area contributed by atoms with Crippen molar-refractivity contribution in [2.45, 2.75) is 38.6 Å². The fourth-order valence-electron chi connectivity index (χ4n) is 2.94. The van der Waals surface area contributed by atoms with Crippen LogP contribution in [0.5, 0.6) is 0 Å². The van der Waals surface area contributed by atoms with Gasteiger partial charge in [-0.3, -0.25) is 0 Å². The number of hydrogen-bond donors (Lipinski definition) is 1. The molecule has 1 N–H and O–H groups in total. The van der Waals surface area contributed by atoms with Gasteiger partial charge in [0.1, 0.15) is 5.82 Å². The smallest absolute Gasteiger partial charge is 0.316 e. The summed E-state index contributed by atoms with van der Waals surface area (Å²) in [7, 11) is 0. The van der Waals surface area contributed by atoms with Crippen LogP contribution in [0.15, 0.2) is 35.1 Å². The van der Waals surface area contributed by atoms with E-state index >= 15 is 0 Å². The number of nitrogens with zero attached hydrogens (tertiary/aromatic N) is 3. The molecule has 0 bridgehead atoms. The molecule has 1 atom stereocenters. The van der Waals surface area contributed by atoms with E-state index in [2.05, 4.69) is 17.3 Å². The number of aryl methyl sites for hydroxylation is 1. The Morgan fingerprint density at radius 1 is 1.32 bits per heavy atom. The molecule has 1 aliphatic heterocycles. The number of halogens is 1. The zero-order valence-corrected chi connectivity index (χ0v) is 13.7. The van der Waals surface area contributed by atoms with Gasteiger partial charge in [-0.15, -0.1) is 12.4 Å². The van der Waals surface area contributed by atoms with Crippen molar-refractivity contribution >= 4 is 12.4 Å². The molecule has 0 amide bonds. The lowest BCUT2D eigenvalue weighted by atomic mass is 9.99. The third-order valence-electron chi connectivity index (χ3n) is 3.98. The average Bonchev–Trinajstić information content (AvgIpc) is 2.86. The fourth-order valence-corrected chi connectivity index (χ4v) is 2.94. The quantitative estimate of drug-likeness (QED) is 0.940. The highest BCUT2D eigenvalue weighted by Gasteiger charge is 2.24. The summed E-state index contributed by atoms with van der Waals surface area (Å²) in [5.74, 6) is 1.21. The van der Waals surface area contributed by atoms with Crippen LogP contribution in [-0.2, 0) is 6.54 Å². The van der Waals surface area contributed by atoms with Crippen molar-refractivity contribution in [1.29, 1.82) is 0 Å². The Hall–Kier alpha value is -1.59. The molecule has 0 aliphatic carbocycles. The van der Waals surface area contributed by atoms with Crippen LogP contribution in [-0.4, -0.2) is 27.4 Å². The van der Waals surface area contributed by atoms with E-state index in [1.165, 1.54) is 0 Å². The van der Waals surface area contributed by atoms with Crippen LogP contribution in [0.2, 0.25) is 0 Å². The SMILES string of the molecule is CCCn1nc(C2CCCNC2)n(-c2ccccc2)c1=O.Cl. The lowest BCUT2D eigenvalue weighted by Crippen LogP contribution is -2.31. The maximum atomic E-state index is 12.7. The second-order valence-electron chi connectivity index (χ2n) is 5.58. The molecule has 5 nitrogen and oxygen atoms in total. The standard InChI is InChI=1S/C16H22N4O.ClH/c1-2-11-19-16(21)20(14-8-4-3-5-9-14)15(18-19)13-7-6-10-17-12-13;/h3-5,8-9,13,17H,2,6-7,10-12H2,1H3;1H. The minimum absolute atomic E-state index is 0. The third-order valence-corrected chi connectivity index (χ3v) is 3.98. The molecule has 6 heteroatoms. The Balaban J connectivity index is 0.00000176. The van der Waals surface area contributed by atoms with Crippen molar-refractivity contribution in [3.05, 3.63) is 46.6 Å². The van der Waals surface area contributed by atoms with Gasteiger partial charge >= 0.3 is 5.69 Å². The number of piperidine rings is 1. The van der Waals surface area contributed by atoms with Crippen LogP contribution >= 0.6 is 12.4 Å². The molecule has 1 saturated heterocycles. The highest BCUT2D eigenvalue weighted by atomic mass is 35.5. The molecular formula is C16H23ClN4O. The van der Waals surface area contributed by atoms with E-state index in [0.717, 1.165) is 43.9 Å². The summed E-state index contributed by atoms with van der Waals surface area (Å²) in [5, 5.41) is 8.03. The molecule has 1 fully saturated rings. The van der Waals surface area contributed by atoms with Crippen molar-refractivity contribution in [2.75, 3.05) is 13.1 Å². The maximum Gasteiger partial charge on any atom is 0.350 e. The number of hydrogen-bond acceptors (Lipinski definition) is 3. The average molecular weight is 323 g/mol. The van der Waals surface area contributed by atoms with Crippen LogP contribution in [0.4, 0.5) is 0 Å². The normalized spacial score (nSPS) is 18.0. The minimum atomic E-state index is -0.0244. The Kier molecular flexibility index (Phi) is 5.80. The summed E-state index contributed by atoms with van der Waals surface area (Å²) < 4.78 is 3.39. The second kappa shape index (κ2) is 7.61. The molecule has 2 heterocycles. The third kappa shape index (κ3) is 3.25. The molecule has 1 aromatic heterocycles. The van der Waals surface area contributed by atoms with Crippen LogP contribution in [0.25, 0.3) is 5.69 Å². The summed E-state index contributed by atoms with van der Waals surface area (Å²) >= 11 is 0. The Labute approximate surface area is 136 Å². The van der Waals surface area contributed by atoms with Gasteiger partial charge in [0.25, 0.3) is 0 Å². The first-order chi connectivity index (χ1) is 10.3. The predicted molar refractivity (Wildman–Crippen MR) is 90.2 cm³/mol. The van der Waals surface area contributed by atoms with Gasteiger partial charge in [0, 0.05) is 19.0 Å². The van der Waals surface area contributed by atoms with Crippen molar-refractivity contribution < 1.29 is 0 Å². The summed E-state index contributed by atoms with van der Waals surface area (Å²) in [6, 6.07) is 9.83. The first kappa shape index (κ1) is 16.8. The van der Waals surface area contributed by atoms with E-state index < -0.39 is 0 Å². The molecule has 1 aliphatic rings. The van der Waals surface area contributed by atoms with Gasteiger partial charge in [-0.1, -0.05) is 25.1 Å². The van der Waals surface area contributed by atoms with Crippen molar-refractivity contribution in [1.82, 2.24) is 19.7 Å². The van der Waals surface area contributed by atoms with E-state index in [4.69, 9.17) is 0 Å². The van der Waals surface area contributed by atoms with Crippen molar-refractivity contribution in [2.24, 2.45) is 0 Å². The first-order valence-corrected chi connectivity index (χ1v) is 7.77. The molecule has 1 aromatic carbocycles. The molecule has 120 valence electrons. The molecular weight excluding hydrogens is 300 g/mol. The van der Waals surface area contributed by atoms with E-state index in [9.17, 15) is 4.79 Å². The van der Waals surface area contributed by atoms with E-state index in [-0.39, 0.29) is 18.1 Å². The van der Waals surface area contributed by atoms with Gasteiger partial charge in [-0.25, -0.2) is 14.0 Å². The topological polar surface area (TPSA) is 51.9 Å². The first-order valence-electron chi connectivity index (χ1n) is 7.77. The Morgan fingerprint density at radius 3 is 2.73 bits per heavy atom. The van der Waals surface area contributed by atoms with Crippen molar-refractivity contribution in [3.8, 4) is 5.69 Å². The van der Waals surface area contributed by atoms with Crippen LogP contribution in [0.1, 0.15) is 37.9 Å². The minimum Gasteiger partial charge on any atom is -0.316 e. The number of rotatable bonds is 4. The summed E-state index contributed by atoms with van der Waals surface area (Å²) in [4.78, 5) is 12.7. The summed E-state index contributed by atoms with van der Waals surface area (Å²) in [6.07, 6.45) is 3.13. The van der Waals surface area contributed by atoms with Crippen LogP contribution in [0, 0.1) is 0 Å². The van der Waals surface area contributed by atoms with Crippen LogP contribution < -0.4 is 11.0 Å². The largest absolute Gasteiger partial charge is 0.350 e. The van der Waals surface area contributed by atoms with Gasteiger partial charge in [0.15, 0.2) is 0 Å². The number of para-hydroxylation sites is 1. The van der Waals surface area contributed by atoms with Gasteiger partial charge in [-0.05, 0) is 37.9 Å². The molecule has 22 heavy (non-hydrogen) atoms. The molecule has 2 aromatic rings. The van der Waals surface area contributed by atoms with Gasteiger partial charge < -0.3 is 5.32 Å². The van der Waals surface area contributed by atoms with Crippen LogP contribution in [0.3, 0.4) is 0 Å². The Morgan fingerprint density at radius 2 is 2.09 bits per heavy atom. The predicted octanol–water partition coefficient (Wildman–Crippen LogP) is 2.33. The summed E-state index contributed by atoms with van der Waals surface area (Å²) in [6.45, 7) is 4.69. The number of benzene rings is 1. The summed E-state index contributed by atoms with van der Waals surface area (Å²) in [5.41, 5.74) is 0.883. The van der Waals surface area contributed by atoms with E-state index in [1.54, 1.807) is 9.25 Å². The maximum absolute atomic E-state index is 12.7. The zero-order valence-electron chi connectivity index (χ0n) is 12.9. The molecule has 3 rings (SSSR count). The van der Waals surface area contributed by atoms with Gasteiger partial charge in [0.05, 0.1) is 5.69 Å². The van der Waals surface area contributed by atoms with Gasteiger partial charge in [-0.2, -0.15) is 5.10 Å². The molecule has 0 spiro atoms. The molecule has 1 unspecified atom stereocenters.